The number of nitrogens with two attached hydrogens (primary N) is 2. The normalized spacial score (nSPS) is 16.1. The fourth-order valence-electron chi connectivity index (χ4n) is 5.80. The van der Waals surface area contributed by atoms with Crippen molar-refractivity contribution in [2.75, 3.05) is 17.2 Å². The van der Waals surface area contributed by atoms with Crippen molar-refractivity contribution in [3.05, 3.63) is 77.4 Å². The van der Waals surface area contributed by atoms with E-state index in [-0.39, 0.29) is 22.9 Å². The molecular weight excluding hydrogens is 486 g/mol. The van der Waals surface area contributed by atoms with E-state index in [1.807, 2.05) is 35.2 Å². The highest BCUT2D eigenvalue weighted by atomic mass is 32.2. The average Bonchev–Trinajstić information content (AvgIpc) is 3.47. The van der Waals surface area contributed by atoms with Gasteiger partial charge in [0.2, 0.25) is 10.0 Å². The van der Waals surface area contributed by atoms with Crippen LogP contribution in [-0.2, 0) is 22.0 Å². The van der Waals surface area contributed by atoms with Gasteiger partial charge in [-0.05, 0) is 72.4 Å². The number of carbonyl (C=O) groups is 1. The molecule has 0 unspecified atom stereocenters. The molecule has 0 aromatic heterocycles. The van der Waals surface area contributed by atoms with E-state index in [2.05, 4.69) is 11.4 Å². The van der Waals surface area contributed by atoms with Crippen molar-refractivity contribution in [2.45, 2.75) is 49.5 Å². The lowest BCUT2D eigenvalue weighted by molar-refractivity contribution is 0.245. The number of nitrogen functional groups attached to an aromatic ring is 1. The number of urea groups is 1. The van der Waals surface area contributed by atoms with E-state index >= 15 is 0 Å². The first-order chi connectivity index (χ1) is 17.6. The first-order valence-electron chi connectivity index (χ1n) is 12.4. The maximum absolute atomic E-state index is 13.3. The van der Waals surface area contributed by atoms with Crippen molar-refractivity contribution in [3.8, 4) is 11.1 Å². The van der Waals surface area contributed by atoms with Gasteiger partial charge in [-0.25, -0.2) is 18.4 Å². The summed E-state index contributed by atoms with van der Waals surface area (Å²) in [5.41, 5.74) is 12.7. The molecule has 2 amide bonds. The summed E-state index contributed by atoms with van der Waals surface area (Å²) in [6, 6.07) is 17.9. The molecular formula is C28H31N5O3S. The van der Waals surface area contributed by atoms with Gasteiger partial charge < -0.3 is 16.5 Å². The maximum Gasteiger partial charge on any atom is 0.322 e. The van der Waals surface area contributed by atoms with E-state index in [1.165, 1.54) is 17.7 Å². The zero-order chi connectivity index (χ0) is 26.4. The Morgan fingerprint density at radius 1 is 1.08 bits per heavy atom. The number of hydrogen-bond donors (Lipinski definition) is 4. The molecule has 6 N–H and O–H groups in total. The monoisotopic (exact) mass is 517 g/mol. The summed E-state index contributed by atoms with van der Waals surface area (Å²) in [4.78, 5) is 15.2. The number of nitrogens with one attached hydrogen (secondary N) is 2. The lowest BCUT2D eigenvalue weighted by Gasteiger charge is -2.25. The molecule has 3 aromatic carbocycles. The van der Waals surface area contributed by atoms with Crippen LogP contribution >= 0.6 is 0 Å². The highest BCUT2D eigenvalue weighted by Gasteiger charge is 2.46. The molecule has 1 fully saturated rings. The molecule has 8 nitrogen and oxygen atoms in total. The number of benzene rings is 3. The number of anilines is 2. The molecule has 1 aliphatic heterocycles. The molecule has 3 aromatic rings. The summed E-state index contributed by atoms with van der Waals surface area (Å²) < 4.78 is 23.0. The summed E-state index contributed by atoms with van der Waals surface area (Å²) in [6.07, 6.45) is 4.29. The highest BCUT2D eigenvalue weighted by molar-refractivity contribution is 7.89. The predicted molar refractivity (Wildman–Crippen MR) is 146 cm³/mol. The van der Waals surface area contributed by atoms with Crippen LogP contribution in [0.25, 0.3) is 11.1 Å². The van der Waals surface area contributed by atoms with Crippen LogP contribution in [0, 0.1) is 5.41 Å². The largest absolute Gasteiger partial charge is 0.398 e. The zero-order valence-electron chi connectivity index (χ0n) is 20.8. The Morgan fingerprint density at radius 2 is 1.78 bits per heavy atom. The Kier molecular flexibility index (Phi) is 6.29. The van der Waals surface area contributed by atoms with E-state index in [0.29, 0.717) is 17.9 Å². The van der Waals surface area contributed by atoms with E-state index in [1.54, 1.807) is 19.1 Å². The van der Waals surface area contributed by atoms with Crippen LogP contribution in [0.5, 0.6) is 0 Å². The van der Waals surface area contributed by atoms with Crippen molar-refractivity contribution in [1.82, 2.24) is 5.32 Å². The number of primary sulfonamides is 1. The molecule has 1 aliphatic carbocycles. The Morgan fingerprint density at radius 3 is 2.43 bits per heavy atom. The second-order valence-corrected chi connectivity index (χ2v) is 11.6. The van der Waals surface area contributed by atoms with Gasteiger partial charge in [-0.15, -0.1) is 0 Å². The van der Waals surface area contributed by atoms with E-state index in [4.69, 9.17) is 16.3 Å². The van der Waals surface area contributed by atoms with Crippen LogP contribution in [0.15, 0.2) is 65.6 Å². The van der Waals surface area contributed by atoms with Gasteiger partial charge in [-0.3, -0.25) is 4.90 Å². The SMILES string of the molecule is CC(=N)c1c(N)cccc1-c1ccc2c(c1)C1(CCCC1)CN2C(=O)NCc1ccc(S(N)(=O)=O)cc1. The number of nitrogens with zero attached hydrogens (tertiary/aromatic N) is 1. The molecule has 2 aliphatic rings. The van der Waals surface area contributed by atoms with Crippen molar-refractivity contribution < 1.29 is 13.2 Å². The summed E-state index contributed by atoms with van der Waals surface area (Å²) in [7, 11) is -3.76. The summed E-state index contributed by atoms with van der Waals surface area (Å²) in [5, 5.41) is 16.4. The van der Waals surface area contributed by atoms with E-state index in [0.717, 1.165) is 53.6 Å². The smallest absolute Gasteiger partial charge is 0.322 e. The lowest BCUT2D eigenvalue weighted by atomic mass is 9.79. The third kappa shape index (κ3) is 4.60. The molecule has 5 rings (SSSR count). The number of amides is 2. The Hall–Kier alpha value is -3.69. The van der Waals surface area contributed by atoms with Gasteiger partial charge in [0.1, 0.15) is 0 Å². The number of carbonyl (C=O) groups excluding carboxylic acids is 1. The van der Waals surface area contributed by atoms with Crippen molar-refractivity contribution >= 4 is 33.1 Å². The van der Waals surface area contributed by atoms with Gasteiger partial charge >= 0.3 is 6.03 Å². The van der Waals surface area contributed by atoms with E-state index in [9.17, 15) is 13.2 Å². The number of hydrogen-bond acceptors (Lipinski definition) is 5. The van der Waals surface area contributed by atoms with Gasteiger partial charge in [0.25, 0.3) is 0 Å². The van der Waals surface area contributed by atoms with Gasteiger partial charge in [0.05, 0.1) is 4.90 Å². The van der Waals surface area contributed by atoms with Crippen molar-refractivity contribution in [1.29, 1.82) is 5.41 Å². The van der Waals surface area contributed by atoms with Gasteiger partial charge in [-0.1, -0.05) is 43.2 Å². The molecule has 1 heterocycles. The van der Waals surface area contributed by atoms with Crippen LogP contribution in [0.2, 0.25) is 0 Å². The van der Waals surface area contributed by atoms with Crippen molar-refractivity contribution in [2.24, 2.45) is 5.14 Å². The molecule has 1 spiro atoms. The molecule has 0 bridgehead atoms. The standard InChI is InChI=1S/C28H31N5O3S/c1-18(29)26-22(5-4-6-24(26)30)20-9-12-25-23(15-20)28(13-2-3-14-28)17-33(25)27(34)32-16-19-7-10-21(11-8-19)37(31,35)36/h4-12,15,29H,2-3,13-14,16-17,30H2,1H3,(H,32,34)(H2,31,35,36). The summed E-state index contributed by atoms with van der Waals surface area (Å²) in [6.45, 7) is 2.64. The van der Waals surface area contributed by atoms with Crippen LogP contribution in [0.3, 0.4) is 0 Å². The number of sulfonamides is 1. The quantitative estimate of drug-likeness (QED) is 0.292. The van der Waals surface area contributed by atoms with Crippen LogP contribution < -0.4 is 21.1 Å². The lowest BCUT2D eigenvalue weighted by Crippen LogP contribution is -2.41. The minimum absolute atomic E-state index is 0.0385. The van der Waals surface area contributed by atoms with Crippen LogP contribution in [-0.4, -0.2) is 26.7 Å². The van der Waals surface area contributed by atoms with Crippen LogP contribution in [0.4, 0.5) is 16.2 Å². The number of rotatable bonds is 5. The molecule has 9 heteroatoms. The molecule has 0 radical (unpaired) electrons. The first kappa shape index (κ1) is 25.0. The maximum atomic E-state index is 13.3. The molecule has 0 atom stereocenters. The van der Waals surface area contributed by atoms with Gasteiger partial charge in [-0.2, -0.15) is 0 Å². The summed E-state index contributed by atoms with van der Waals surface area (Å²) >= 11 is 0. The van der Waals surface area contributed by atoms with Gasteiger partial charge in [0, 0.05) is 41.2 Å². The molecule has 1 saturated carbocycles. The third-order valence-electron chi connectivity index (χ3n) is 7.60. The fraction of sp³-hybridized carbons (Fsp3) is 0.286. The molecule has 0 saturated heterocycles. The Balaban J connectivity index is 1.43. The highest BCUT2D eigenvalue weighted by Crippen LogP contribution is 2.51. The Labute approximate surface area is 217 Å². The Bertz CT molecular complexity index is 1490. The summed E-state index contributed by atoms with van der Waals surface area (Å²) in [5.74, 6) is 0. The minimum Gasteiger partial charge on any atom is -0.398 e. The van der Waals surface area contributed by atoms with Crippen molar-refractivity contribution in [3.63, 3.8) is 0 Å². The third-order valence-corrected chi connectivity index (χ3v) is 8.53. The second kappa shape index (κ2) is 9.32. The topological polar surface area (TPSA) is 142 Å². The van der Waals surface area contributed by atoms with E-state index < -0.39 is 10.0 Å². The second-order valence-electron chi connectivity index (χ2n) is 10.0. The van der Waals surface area contributed by atoms with Gasteiger partial charge in [0.15, 0.2) is 0 Å². The number of fused-ring (bicyclic) bond motifs is 2. The average molecular weight is 518 g/mol. The molecule has 37 heavy (non-hydrogen) atoms. The minimum atomic E-state index is -3.76. The van der Waals surface area contributed by atoms with Crippen LogP contribution in [0.1, 0.15) is 49.3 Å². The molecule has 192 valence electrons. The fourth-order valence-corrected chi connectivity index (χ4v) is 6.31. The predicted octanol–water partition coefficient (Wildman–Crippen LogP) is 4.51. The zero-order valence-corrected chi connectivity index (χ0v) is 21.6. The first-order valence-corrected chi connectivity index (χ1v) is 13.9.